The third-order valence-electron chi connectivity index (χ3n) is 2.63. The summed E-state index contributed by atoms with van der Waals surface area (Å²) in [5.41, 5.74) is 2.28. The van der Waals surface area contributed by atoms with E-state index in [4.69, 9.17) is 16.4 Å². The van der Waals surface area contributed by atoms with Crippen molar-refractivity contribution in [3.05, 3.63) is 23.4 Å². The fourth-order valence-corrected chi connectivity index (χ4v) is 1.99. The van der Waals surface area contributed by atoms with Gasteiger partial charge in [0.1, 0.15) is 5.15 Å². The van der Waals surface area contributed by atoms with Crippen LogP contribution in [0.25, 0.3) is 0 Å². The normalized spacial score (nSPS) is 15.6. The van der Waals surface area contributed by atoms with Crippen molar-refractivity contribution in [3.63, 3.8) is 0 Å². The van der Waals surface area contributed by atoms with Gasteiger partial charge in [0.05, 0.1) is 0 Å². The van der Waals surface area contributed by atoms with E-state index >= 15 is 0 Å². The number of carbonyl (C=O) groups is 1. The molecule has 1 heterocycles. The first-order chi connectivity index (χ1) is 8.24. The quantitative estimate of drug-likeness (QED) is 0.643. The van der Waals surface area contributed by atoms with Crippen LogP contribution in [-0.2, 0) is 0 Å². The highest BCUT2D eigenvalue weighted by atomic mass is 35.5. The van der Waals surface area contributed by atoms with Gasteiger partial charge in [0, 0.05) is 12.1 Å². The van der Waals surface area contributed by atoms with Gasteiger partial charge in [0.15, 0.2) is 0 Å². The van der Waals surface area contributed by atoms with Crippen LogP contribution in [0, 0.1) is 0 Å². The molecule has 0 spiro atoms. The smallest absolute Gasteiger partial charge is 0.348 e. The van der Waals surface area contributed by atoms with E-state index in [0.717, 1.165) is 12.8 Å². The van der Waals surface area contributed by atoms with E-state index in [1.807, 2.05) is 0 Å². The van der Waals surface area contributed by atoms with Crippen molar-refractivity contribution in [1.82, 2.24) is 15.8 Å². The fourth-order valence-electron chi connectivity index (χ4n) is 1.83. The lowest BCUT2D eigenvalue weighted by Gasteiger charge is -2.12. The molecule has 0 radical (unpaired) electrons. The third kappa shape index (κ3) is 3.78. The van der Waals surface area contributed by atoms with Gasteiger partial charge in [-0.15, -0.1) is 0 Å². The first-order valence-corrected chi connectivity index (χ1v) is 5.98. The summed E-state index contributed by atoms with van der Waals surface area (Å²) in [6, 6.07) is 4.85. The van der Waals surface area contributed by atoms with Crippen LogP contribution in [-0.4, -0.2) is 17.1 Å². The minimum absolute atomic E-state index is 0.255. The van der Waals surface area contributed by atoms with E-state index in [0.29, 0.717) is 5.15 Å². The molecule has 2 N–H and O–H groups in total. The highest BCUT2D eigenvalue weighted by Gasteiger charge is 2.17. The maximum Gasteiger partial charge on any atom is 0.348 e. The minimum atomic E-state index is -0.348. The molecule has 0 aromatic carbocycles. The lowest BCUT2D eigenvalue weighted by atomic mass is 10.3. The SMILES string of the molecule is O=C(NOc1cccc(Cl)n1)NC1CCCC1. The summed E-state index contributed by atoms with van der Waals surface area (Å²) in [6.07, 6.45) is 4.40. The standard InChI is InChI=1S/C11H14ClN3O2/c12-9-6-3-7-10(14-9)17-15-11(16)13-8-4-1-2-5-8/h3,6-8H,1-2,4-5H2,(H2,13,15,16). The summed E-state index contributed by atoms with van der Waals surface area (Å²) in [5.74, 6) is 0.263. The molecule has 1 aliphatic rings. The summed E-state index contributed by atoms with van der Waals surface area (Å²) >= 11 is 5.68. The average Bonchev–Trinajstić information content (AvgIpc) is 2.79. The molecular weight excluding hydrogens is 242 g/mol. The molecule has 0 bridgehead atoms. The highest BCUT2D eigenvalue weighted by molar-refractivity contribution is 6.29. The average molecular weight is 256 g/mol. The number of urea groups is 1. The van der Waals surface area contributed by atoms with Crippen LogP contribution in [0.1, 0.15) is 25.7 Å². The lowest BCUT2D eigenvalue weighted by molar-refractivity contribution is 0.171. The van der Waals surface area contributed by atoms with Gasteiger partial charge in [-0.05, 0) is 18.9 Å². The molecule has 1 aromatic heterocycles. The number of hydroxylamine groups is 1. The van der Waals surface area contributed by atoms with Crippen molar-refractivity contribution in [2.75, 3.05) is 0 Å². The predicted molar refractivity (Wildman–Crippen MR) is 63.8 cm³/mol. The van der Waals surface area contributed by atoms with Crippen LogP contribution >= 0.6 is 11.6 Å². The molecule has 2 rings (SSSR count). The highest BCUT2D eigenvalue weighted by Crippen LogP contribution is 2.17. The number of nitrogens with one attached hydrogen (secondary N) is 2. The van der Waals surface area contributed by atoms with E-state index in [9.17, 15) is 4.79 Å². The second-order valence-electron chi connectivity index (χ2n) is 3.96. The molecular formula is C11H14ClN3O2. The Balaban J connectivity index is 1.75. The van der Waals surface area contributed by atoms with Crippen LogP contribution in [0.4, 0.5) is 4.79 Å². The van der Waals surface area contributed by atoms with Gasteiger partial charge in [-0.3, -0.25) is 0 Å². The summed E-state index contributed by atoms with van der Waals surface area (Å²) in [5, 5.41) is 3.15. The number of amides is 2. The molecule has 0 saturated heterocycles. The van der Waals surface area contributed by atoms with Gasteiger partial charge in [-0.1, -0.05) is 30.5 Å². The number of nitrogens with zero attached hydrogens (tertiary/aromatic N) is 1. The summed E-state index contributed by atoms with van der Waals surface area (Å²) in [4.78, 5) is 20.3. The zero-order chi connectivity index (χ0) is 12.1. The van der Waals surface area contributed by atoms with Crippen molar-refractivity contribution < 1.29 is 9.63 Å². The number of carbonyl (C=O) groups excluding carboxylic acids is 1. The molecule has 1 saturated carbocycles. The molecule has 6 heteroatoms. The van der Waals surface area contributed by atoms with E-state index in [2.05, 4.69) is 15.8 Å². The minimum Gasteiger partial charge on any atom is -0.358 e. The molecule has 2 amide bonds. The first-order valence-electron chi connectivity index (χ1n) is 5.60. The Kier molecular flexibility index (Phi) is 4.03. The maximum absolute atomic E-state index is 11.4. The van der Waals surface area contributed by atoms with Crippen molar-refractivity contribution >= 4 is 17.6 Å². The molecule has 92 valence electrons. The Morgan fingerprint density at radius 1 is 1.41 bits per heavy atom. The monoisotopic (exact) mass is 255 g/mol. The van der Waals surface area contributed by atoms with Crippen LogP contribution < -0.4 is 15.6 Å². The Hall–Kier alpha value is -1.49. The fraction of sp³-hybridized carbons (Fsp3) is 0.455. The van der Waals surface area contributed by atoms with E-state index < -0.39 is 0 Å². The first kappa shape index (κ1) is 12.0. The second kappa shape index (κ2) is 5.72. The molecule has 1 aromatic rings. The van der Waals surface area contributed by atoms with Crippen molar-refractivity contribution in [2.24, 2.45) is 0 Å². The van der Waals surface area contributed by atoms with Gasteiger partial charge in [-0.2, -0.15) is 10.5 Å². The Labute approximate surface area is 104 Å². The zero-order valence-electron chi connectivity index (χ0n) is 9.28. The van der Waals surface area contributed by atoms with Gasteiger partial charge in [0.2, 0.25) is 5.88 Å². The summed E-state index contributed by atoms with van der Waals surface area (Å²) in [7, 11) is 0. The summed E-state index contributed by atoms with van der Waals surface area (Å²) in [6.45, 7) is 0. The maximum atomic E-state index is 11.4. The molecule has 0 atom stereocenters. The molecule has 17 heavy (non-hydrogen) atoms. The number of halogens is 1. The van der Waals surface area contributed by atoms with Crippen molar-refractivity contribution in [2.45, 2.75) is 31.7 Å². The van der Waals surface area contributed by atoms with E-state index in [1.54, 1.807) is 18.2 Å². The molecule has 0 aliphatic heterocycles. The largest absolute Gasteiger partial charge is 0.358 e. The van der Waals surface area contributed by atoms with Crippen molar-refractivity contribution in [1.29, 1.82) is 0 Å². The van der Waals surface area contributed by atoms with Gasteiger partial charge >= 0.3 is 6.03 Å². The molecule has 1 fully saturated rings. The summed E-state index contributed by atoms with van der Waals surface area (Å²) < 4.78 is 0. The van der Waals surface area contributed by atoms with E-state index in [1.165, 1.54) is 12.8 Å². The number of hydrogen-bond acceptors (Lipinski definition) is 3. The van der Waals surface area contributed by atoms with Crippen LogP contribution in [0.2, 0.25) is 5.15 Å². The molecule has 1 aliphatic carbocycles. The zero-order valence-corrected chi connectivity index (χ0v) is 10.0. The van der Waals surface area contributed by atoms with Crippen molar-refractivity contribution in [3.8, 4) is 5.88 Å². The number of aromatic nitrogens is 1. The van der Waals surface area contributed by atoms with Crippen LogP contribution in [0.3, 0.4) is 0 Å². The third-order valence-corrected chi connectivity index (χ3v) is 2.84. The topological polar surface area (TPSA) is 63.2 Å². The number of rotatable bonds is 3. The lowest BCUT2D eigenvalue weighted by Crippen LogP contribution is -2.42. The van der Waals surface area contributed by atoms with E-state index in [-0.39, 0.29) is 18.0 Å². The van der Waals surface area contributed by atoms with Gasteiger partial charge in [-0.25, -0.2) is 4.79 Å². The Bertz CT molecular complexity index is 394. The molecule has 5 nitrogen and oxygen atoms in total. The Morgan fingerprint density at radius 2 is 2.18 bits per heavy atom. The number of pyridine rings is 1. The van der Waals surface area contributed by atoms with Gasteiger partial charge < -0.3 is 10.2 Å². The van der Waals surface area contributed by atoms with Crippen LogP contribution in [0.5, 0.6) is 5.88 Å². The second-order valence-corrected chi connectivity index (χ2v) is 4.34. The predicted octanol–water partition coefficient (Wildman–Crippen LogP) is 2.27. The molecule has 0 unspecified atom stereocenters. The van der Waals surface area contributed by atoms with Gasteiger partial charge in [0.25, 0.3) is 0 Å². The van der Waals surface area contributed by atoms with Crippen LogP contribution in [0.15, 0.2) is 18.2 Å². The number of hydrogen-bond donors (Lipinski definition) is 2. The Morgan fingerprint density at radius 3 is 2.88 bits per heavy atom.